The van der Waals surface area contributed by atoms with Crippen molar-refractivity contribution in [3.8, 4) is 5.75 Å². The number of imidazole rings is 2. The minimum atomic E-state index is -0.624. The third-order valence-electron chi connectivity index (χ3n) is 10.2. The van der Waals surface area contributed by atoms with Gasteiger partial charge in [-0.25, -0.2) is 15.0 Å². The molecular formula is C41H52N14O4. The summed E-state index contributed by atoms with van der Waals surface area (Å²) in [5.74, 6) is -0.347. The van der Waals surface area contributed by atoms with E-state index in [4.69, 9.17) is 15.5 Å². The minimum Gasteiger partial charge on any atom is -0.491 e. The first-order valence-electron chi connectivity index (χ1n) is 20.0. The maximum atomic E-state index is 13.8. The van der Waals surface area contributed by atoms with Crippen LogP contribution in [0.4, 0.5) is 11.9 Å². The number of rotatable bonds is 16. The molecule has 0 saturated carbocycles. The Balaban J connectivity index is 1.19. The van der Waals surface area contributed by atoms with Gasteiger partial charge >= 0.3 is 0 Å². The molecule has 5 N–H and O–H groups in total. The Hall–Kier alpha value is -6.40. The van der Waals surface area contributed by atoms with Crippen molar-refractivity contribution < 1.29 is 19.1 Å². The Morgan fingerprint density at radius 1 is 0.864 bits per heavy atom. The summed E-state index contributed by atoms with van der Waals surface area (Å²) in [4.78, 5) is 56.2. The van der Waals surface area contributed by atoms with E-state index in [9.17, 15) is 14.4 Å². The molecule has 0 spiro atoms. The molecule has 3 amide bonds. The Labute approximate surface area is 341 Å². The number of carbonyl (C=O) groups is 3. The number of benzene rings is 1. The number of anilines is 2. The number of nitrogens with zero attached hydrogens (tertiary/aromatic N) is 10. The highest BCUT2D eigenvalue weighted by Gasteiger charge is 2.24. The maximum Gasteiger partial charge on any atom is 0.276 e. The van der Waals surface area contributed by atoms with E-state index < -0.39 is 5.91 Å². The second-order valence-corrected chi connectivity index (χ2v) is 14.9. The predicted octanol–water partition coefficient (Wildman–Crippen LogP) is 4.14. The van der Waals surface area contributed by atoms with Crippen LogP contribution in [0.25, 0.3) is 22.2 Å². The number of aryl methyl sites for hydroxylation is 4. The molecule has 59 heavy (non-hydrogen) atoms. The molecule has 0 radical (unpaired) electrons. The number of aromatic nitrogens is 9. The standard InChI is InChI=1S/C41H52N14O4/c1-7-54-32(19-25(3)49-54)38(57)47-40-46-31-21-29(36(42)56)22-34(59-18-12-15-51-23-27(5)44-28(6)24-51)35(31)52(40)16-9-10-17-53-37-30(13-11-14-43-37)45-41(53)48-39(58)33-20-26(4)50-55(33)8-2/h9-11,13-14,19-22,27-28,44H,7-8,12,15-18,23-24H2,1-6H3,(H2,42,56)(H,45,48,58)(H,46,47,57)/b10-9+. The van der Waals surface area contributed by atoms with E-state index >= 15 is 0 Å². The Bertz CT molecular complexity index is 2520. The average molecular weight is 805 g/mol. The highest BCUT2D eigenvalue weighted by atomic mass is 16.5. The molecule has 1 aliphatic heterocycles. The van der Waals surface area contributed by atoms with Crippen LogP contribution < -0.4 is 26.4 Å². The number of primary amides is 1. The van der Waals surface area contributed by atoms with Crippen LogP contribution in [0.1, 0.15) is 76.8 Å². The maximum absolute atomic E-state index is 13.8. The second-order valence-electron chi connectivity index (χ2n) is 14.9. The summed E-state index contributed by atoms with van der Waals surface area (Å²) in [5.41, 5.74) is 10.5. The van der Waals surface area contributed by atoms with Crippen LogP contribution >= 0.6 is 0 Å². The lowest BCUT2D eigenvalue weighted by atomic mass is 10.1. The van der Waals surface area contributed by atoms with Gasteiger partial charge in [0.25, 0.3) is 11.8 Å². The van der Waals surface area contributed by atoms with E-state index in [1.54, 1.807) is 45.9 Å². The van der Waals surface area contributed by atoms with Crippen LogP contribution in [0, 0.1) is 13.8 Å². The monoisotopic (exact) mass is 804 g/mol. The highest BCUT2D eigenvalue weighted by molar-refractivity contribution is 6.04. The molecular weight excluding hydrogens is 753 g/mol. The molecule has 18 heteroatoms. The lowest BCUT2D eigenvalue weighted by molar-refractivity contribution is 0.0994. The SMILES string of the molecule is CCn1nc(C)cc1C(=O)Nc1nc2cccnc2n1C/C=C/Cn1c(NC(=O)c2cc(C)nn2CC)nc2cc(C(N)=O)cc(OCCCN3CC(C)NC(C)C3)c21. The minimum absolute atomic E-state index is 0.237. The van der Waals surface area contributed by atoms with Crippen LogP contribution in [0.15, 0.2) is 54.7 Å². The fraction of sp³-hybridized carbons (Fsp3) is 0.415. The van der Waals surface area contributed by atoms with E-state index in [1.165, 1.54) is 0 Å². The summed E-state index contributed by atoms with van der Waals surface area (Å²) < 4.78 is 13.4. The van der Waals surface area contributed by atoms with E-state index in [2.05, 4.69) is 54.9 Å². The van der Waals surface area contributed by atoms with Crippen LogP contribution in [-0.4, -0.2) is 105 Å². The quantitative estimate of drug-likeness (QED) is 0.0807. The van der Waals surface area contributed by atoms with Crippen LogP contribution in [0.3, 0.4) is 0 Å². The number of hydrogen-bond donors (Lipinski definition) is 4. The molecule has 1 fully saturated rings. The van der Waals surface area contributed by atoms with Gasteiger partial charge in [-0.05, 0) is 84.4 Å². The van der Waals surface area contributed by atoms with Gasteiger partial charge in [0.1, 0.15) is 28.2 Å². The van der Waals surface area contributed by atoms with E-state index in [0.717, 1.165) is 31.7 Å². The second kappa shape index (κ2) is 17.6. The molecule has 1 aliphatic rings. The zero-order chi connectivity index (χ0) is 41.8. The normalized spacial score (nSPS) is 16.0. The number of allylic oxidation sites excluding steroid dienone is 2. The van der Waals surface area contributed by atoms with E-state index in [1.807, 2.05) is 55.0 Å². The smallest absolute Gasteiger partial charge is 0.276 e. The predicted molar refractivity (Wildman–Crippen MR) is 225 cm³/mol. The molecule has 6 aromatic rings. The first kappa shape index (κ1) is 40.8. The Morgan fingerprint density at radius 3 is 2.07 bits per heavy atom. The first-order valence-corrected chi connectivity index (χ1v) is 20.0. The van der Waals surface area contributed by atoms with Gasteiger partial charge in [0.05, 0.1) is 23.5 Å². The molecule has 5 aromatic heterocycles. The summed E-state index contributed by atoms with van der Waals surface area (Å²) in [7, 11) is 0. The molecule has 1 saturated heterocycles. The number of ether oxygens (including phenoxy) is 1. The molecule has 18 nitrogen and oxygen atoms in total. The van der Waals surface area contributed by atoms with Crippen molar-refractivity contribution in [3.63, 3.8) is 0 Å². The zero-order valence-corrected chi connectivity index (χ0v) is 34.4. The lowest BCUT2D eigenvalue weighted by Gasteiger charge is -2.36. The fourth-order valence-corrected chi connectivity index (χ4v) is 7.71. The Morgan fingerprint density at radius 2 is 1.46 bits per heavy atom. The molecule has 2 atom stereocenters. The average Bonchev–Trinajstić information content (AvgIpc) is 3.96. The number of hydrogen-bond acceptors (Lipinski definition) is 11. The summed E-state index contributed by atoms with van der Waals surface area (Å²) in [5, 5.41) is 18.4. The van der Waals surface area contributed by atoms with Crippen molar-refractivity contribution in [2.24, 2.45) is 5.73 Å². The van der Waals surface area contributed by atoms with Crippen LogP contribution in [-0.2, 0) is 26.2 Å². The molecule has 1 aromatic carbocycles. The number of nitrogens with one attached hydrogen (secondary N) is 3. The summed E-state index contributed by atoms with van der Waals surface area (Å²) in [6.07, 6.45) is 6.28. The van der Waals surface area contributed by atoms with Gasteiger partial charge in [-0.3, -0.25) is 38.9 Å². The number of carbonyl (C=O) groups excluding carboxylic acids is 3. The molecule has 2 unspecified atom stereocenters. The highest BCUT2D eigenvalue weighted by Crippen LogP contribution is 2.32. The largest absolute Gasteiger partial charge is 0.491 e. The van der Waals surface area contributed by atoms with Crippen LogP contribution in [0.2, 0.25) is 0 Å². The molecule has 0 aliphatic carbocycles. The van der Waals surface area contributed by atoms with Gasteiger partial charge < -0.3 is 25.3 Å². The number of amides is 3. The summed E-state index contributed by atoms with van der Waals surface area (Å²) in [6, 6.07) is 11.1. The topological polar surface area (TPSA) is 210 Å². The van der Waals surface area contributed by atoms with Crippen molar-refractivity contribution in [2.75, 3.05) is 36.9 Å². The fourth-order valence-electron chi connectivity index (χ4n) is 7.71. The molecule has 0 bridgehead atoms. The number of piperazine rings is 1. The van der Waals surface area contributed by atoms with Crippen LogP contribution in [0.5, 0.6) is 5.75 Å². The van der Waals surface area contributed by atoms with Gasteiger partial charge in [-0.1, -0.05) is 12.2 Å². The third kappa shape index (κ3) is 9.02. The van der Waals surface area contributed by atoms with Crippen molar-refractivity contribution in [3.05, 3.63) is 83.1 Å². The molecule has 6 heterocycles. The lowest BCUT2D eigenvalue weighted by Crippen LogP contribution is -2.54. The van der Waals surface area contributed by atoms with Crippen molar-refractivity contribution in [1.82, 2.24) is 53.9 Å². The van der Waals surface area contributed by atoms with Gasteiger partial charge in [-0.2, -0.15) is 10.2 Å². The van der Waals surface area contributed by atoms with Gasteiger partial charge in [0, 0.05) is 69.7 Å². The number of fused-ring (bicyclic) bond motifs is 2. The van der Waals surface area contributed by atoms with Crippen molar-refractivity contribution >= 4 is 51.8 Å². The third-order valence-corrected chi connectivity index (χ3v) is 10.2. The number of nitrogens with two attached hydrogens (primary N) is 1. The van der Waals surface area contributed by atoms with E-state index in [0.29, 0.717) is 89.3 Å². The van der Waals surface area contributed by atoms with Gasteiger partial charge in [-0.15, -0.1) is 0 Å². The summed E-state index contributed by atoms with van der Waals surface area (Å²) >= 11 is 0. The number of pyridine rings is 1. The summed E-state index contributed by atoms with van der Waals surface area (Å²) in [6.45, 7) is 16.6. The molecule has 7 rings (SSSR count). The molecule has 310 valence electrons. The van der Waals surface area contributed by atoms with Gasteiger partial charge in [0.2, 0.25) is 17.8 Å². The first-order chi connectivity index (χ1) is 28.4. The Kier molecular flexibility index (Phi) is 12.2. The zero-order valence-electron chi connectivity index (χ0n) is 34.4. The van der Waals surface area contributed by atoms with Crippen molar-refractivity contribution in [1.29, 1.82) is 0 Å². The van der Waals surface area contributed by atoms with E-state index in [-0.39, 0.29) is 29.9 Å². The van der Waals surface area contributed by atoms with Gasteiger partial charge in [0.15, 0.2) is 5.65 Å². The van der Waals surface area contributed by atoms with Crippen molar-refractivity contribution in [2.45, 2.75) is 86.2 Å².